The minimum Gasteiger partial charge on any atom is -0.416 e. The first-order chi connectivity index (χ1) is 9.61. The molecule has 0 aliphatic rings. The van der Waals surface area contributed by atoms with E-state index in [0.29, 0.717) is 11.0 Å². The number of nitrogens with zero attached hydrogens (tertiary/aromatic N) is 3. The number of aromatic nitrogens is 2. The first-order valence-corrected chi connectivity index (χ1v) is 6.47. The molecule has 2 rings (SSSR count). The fourth-order valence-corrected chi connectivity index (χ4v) is 1.96. The molecule has 0 unspecified atom stereocenters. The van der Waals surface area contributed by atoms with Gasteiger partial charge in [-0.15, -0.1) is 0 Å². The molecule has 1 aromatic heterocycles. The lowest BCUT2D eigenvalue weighted by molar-refractivity contribution is -0.385. The molecule has 1 N–H and O–H groups in total. The minimum absolute atomic E-state index is 0.0554. The molecule has 2 aromatic rings. The molecule has 104 valence electrons. The van der Waals surface area contributed by atoms with Crippen molar-refractivity contribution in [3.63, 3.8) is 0 Å². The number of para-hydroxylation sites is 1. The van der Waals surface area contributed by atoms with Crippen molar-refractivity contribution in [2.45, 2.75) is 6.54 Å². The van der Waals surface area contributed by atoms with Gasteiger partial charge < -0.3 is 10.1 Å². The van der Waals surface area contributed by atoms with Crippen molar-refractivity contribution < 1.29 is 9.66 Å². The van der Waals surface area contributed by atoms with E-state index in [-0.39, 0.29) is 17.4 Å². The topological polar surface area (TPSA) is 90.2 Å². The van der Waals surface area contributed by atoms with Gasteiger partial charge in [0.1, 0.15) is 0 Å². The van der Waals surface area contributed by atoms with Gasteiger partial charge in [0.25, 0.3) is 0 Å². The van der Waals surface area contributed by atoms with E-state index in [1.165, 1.54) is 6.07 Å². The van der Waals surface area contributed by atoms with Crippen LogP contribution in [0.5, 0.6) is 11.8 Å². The smallest absolute Gasteiger partial charge is 0.322 e. The van der Waals surface area contributed by atoms with Crippen molar-refractivity contribution in [1.29, 1.82) is 0 Å². The van der Waals surface area contributed by atoms with E-state index in [0.717, 1.165) is 5.56 Å². The summed E-state index contributed by atoms with van der Waals surface area (Å²) in [6.45, 7) is 0.634. The number of hydrogen-bond donors (Lipinski definition) is 1. The highest BCUT2D eigenvalue weighted by molar-refractivity contribution is 9.10. The Kier molecular flexibility index (Phi) is 4.59. The van der Waals surface area contributed by atoms with E-state index in [9.17, 15) is 10.1 Å². The fraction of sp³-hybridized carbons (Fsp3) is 0.167. The Morgan fingerprint density at radius 3 is 2.70 bits per heavy atom. The van der Waals surface area contributed by atoms with E-state index in [1.807, 2.05) is 7.05 Å². The van der Waals surface area contributed by atoms with Crippen molar-refractivity contribution >= 4 is 21.6 Å². The standard InChI is InChI=1S/C12H11BrN4O3/c1-14-5-8-6-15-12(16-7-8)20-11-9(13)3-2-4-10(11)17(18)19/h2-4,6-7,14H,5H2,1H3. The first-order valence-electron chi connectivity index (χ1n) is 5.68. The summed E-state index contributed by atoms with van der Waals surface area (Å²) in [5, 5.41) is 13.9. The molecule has 0 spiro atoms. The zero-order valence-corrected chi connectivity index (χ0v) is 12.1. The van der Waals surface area contributed by atoms with Gasteiger partial charge in [0.05, 0.1) is 9.40 Å². The third-order valence-electron chi connectivity index (χ3n) is 2.40. The zero-order chi connectivity index (χ0) is 14.5. The Bertz CT molecular complexity index is 619. The van der Waals surface area contributed by atoms with Crippen LogP contribution in [0.25, 0.3) is 0 Å². The van der Waals surface area contributed by atoms with Crippen LogP contribution in [0.2, 0.25) is 0 Å². The Labute approximate surface area is 123 Å². The van der Waals surface area contributed by atoms with E-state index in [2.05, 4.69) is 31.2 Å². The van der Waals surface area contributed by atoms with Gasteiger partial charge >= 0.3 is 11.7 Å². The van der Waals surface area contributed by atoms with Crippen molar-refractivity contribution in [3.05, 3.63) is 50.7 Å². The summed E-state index contributed by atoms with van der Waals surface area (Å²) in [6.07, 6.45) is 3.20. The summed E-state index contributed by atoms with van der Waals surface area (Å²) < 4.78 is 5.87. The van der Waals surface area contributed by atoms with Crippen LogP contribution in [0.15, 0.2) is 35.1 Å². The highest BCUT2D eigenvalue weighted by atomic mass is 79.9. The van der Waals surface area contributed by atoms with Gasteiger partial charge in [-0.05, 0) is 29.0 Å². The van der Waals surface area contributed by atoms with E-state index >= 15 is 0 Å². The molecule has 0 fully saturated rings. The van der Waals surface area contributed by atoms with E-state index < -0.39 is 4.92 Å². The summed E-state index contributed by atoms with van der Waals surface area (Å²) in [6, 6.07) is 4.62. The number of halogens is 1. The molecule has 0 bridgehead atoms. The Hall–Kier alpha value is -2.06. The number of nitrogens with one attached hydrogen (secondary N) is 1. The summed E-state index contributed by atoms with van der Waals surface area (Å²) >= 11 is 3.22. The summed E-state index contributed by atoms with van der Waals surface area (Å²) in [4.78, 5) is 18.5. The predicted octanol–water partition coefficient (Wildman–Crippen LogP) is 2.66. The Morgan fingerprint density at radius 1 is 1.40 bits per heavy atom. The first kappa shape index (κ1) is 14.4. The highest BCUT2D eigenvalue weighted by Crippen LogP contribution is 2.36. The number of nitro benzene ring substituents is 1. The number of nitro groups is 1. The summed E-state index contributed by atoms with van der Waals surface area (Å²) in [7, 11) is 1.81. The van der Waals surface area contributed by atoms with Crippen LogP contribution < -0.4 is 10.1 Å². The minimum atomic E-state index is -0.518. The average molecular weight is 339 g/mol. The van der Waals surface area contributed by atoms with Crippen LogP contribution in [0, 0.1) is 10.1 Å². The molecule has 0 amide bonds. The van der Waals surface area contributed by atoms with Crippen molar-refractivity contribution in [1.82, 2.24) is 15.3 Å². The van der Waals surface area contributed by atoms with Crippen LogP contribution in [0.4, 0.5) is 5.69 Å². The molecule has 0 saturated carbocycles. The molecule has 1 heterocycles. The van der Waals surface area contributed by atoms with Gasteiger partial charge in [-0.25, -0.2) is 9.97 Å². The maximum atomic E-state index is 11.0. The normalized spacial score (nSPS) is 10.3. The predicted molar refractivity (Wildman–Crippen MR) is 75.7 cm³/mol. The van der Waals surface area contributed by atoms with Gasteiger partial charge in [0.2, 0.25) is 5.75 Å². The molecule has 0 aliphatic heterocycles. The van der Waals surface area contributed by atoms with Crippen LogP contribution in [0.3, 0.4) is 0 Å². The highest BCUT2D eigenvalue weighted by Gasteiger charge is 2.19. The van der Waals surface area contributed by atoms with Crippen LogP contribution in [-0.2, 0) is 6.54 Å². The maximum absolute atomic E-state index is 11.0. The number of ether oxygens (including phenoxy) is 1. The van der Waals surface area contributed by atoms with Crippen molar-refractivity contribution in [3.8, 4) is 11.8 Å². The second kappa shape index (κ2) is 6.40. The second-order valence-corrected chi connectivity index (χ2v) is 4.71. The van der Waals surface area contributed by atoms with Gasteiger partial charge in [-0.1, -0.05) is 6.07 Å². The van der Waals surface area contributed by atoms with Crippen LogP contribution in [-0.4, -0.2) is 21.9 Å². The van der Waals surface area contributed by atoms with E-state index in [1.54, 1.807) is 24.5 Å². The molecule has 8 heteroatoms. The van der Waals surface area contributed by atoms with Gasteiger partial charge in [-0.2, -0.15) is 0 Å². The molecule has 7 nitrogen and oxygen atoms in total. The number of rotatable bonds is 5. The molecule has 1 aromatic carbocycles. The largest absolute Gasteiger partial charge is 0.416 e. The Morgan fingerprint density at radius 2 is 2.10 bits per heavy atom. The molecule has 0 aliphatic carbocycles. The Balaban J connectivity index is 2.27. The zero-order valence-electron chi connectivity index (χ0n) is 10.5. The van der Waals surface area contributed by atoms with Gasteiger partial charge in [0, 0.05) is 30.6 Å². The monoisotopic (exact) mass is 338 g/mol. The lowest BCUT2D eigenvalue weighted by Gasteiger charge is -2.06. The molecule has 0 saturated heterocycles. The van der Waals surface area contributed by atoms with Crippen LogP contribution >= 0.6 is 15.9 Å². The van der Waals surface area contributed by atoms with E-state index in [4.69, 9.17) is 4.74 Å². The summed E-state index contributed by atoms with van der Waals surface area (Å²) in [5.41, 5.74) is 0.740. The molecular weight excluding hydrogens is 328 g/mol. The average Bonchev–Trinajstić information content (AvgIpc) is 2.43. The fourth-order valence-electron chi connectivity index (χ4n) is 1.52. The second-order valence-electron chi connectivity index (χ2n) is 3.85. The third kappa shape index (κ3) is 3.28. The lowest BCUT2D eigenvalue weighted by atomic mass is 10.3. The van der Waals surface area contributed by atoms with Gasteiger partial charge in [0.15, 0.2) is 0 Å². The van der Waals surface area contributed by atoms with Crippen LogP contribution in [0.1, 0.15) is 5.56 Å². The quantitative estimate of drug-likeness (QED) is 0.665. The molecular formula is C12H11BrN4O3. The van der Waals surface area contributed by atoms with Gasteiger partial charge in [-0.3, -0.25) is 10.1 Å². The molecule has 0 atom stereocenters. The molecule has 0 radical (unpaired) electrons. The maximum Gasteiger partial charge on any atom is 0.322 e. The summed E-state index contributed by atoms with van der Waals surface area (Å²) in [5.74, 6) is 0.0823. The molecule has 20 heavy (non-hydrogen) atoms. The number of hydrogen-bond acceptors (Lipinski definition) is 6. The SMILES string of the molecule is CNCc1cnc(Oc2c(Br)cccc2[N+](=O)[O-])nc1. The van der Waals surface area contributed by atoms with Crippen molar-refractivity contribution in [2.24, 2.45) is 0 Å². The third-order valence-corrected chi connectivity index (χ3v) is 3.02. The lowest BCUT2D eigenvalue weighted by Crippen LogP contribution is -2.06. The van der Waals surface area contributed by atoms with Crippen molar-refractivity contribution in [2.75, 3.05) is 7.05 Å². The number of benzene rings is 1.